The first-order valence-electron chi connectivity index (χ1n) is 43.2. The standard InChI is InChI=1S/C93H105Cl2N11O29/c1-39(2)23-55(98-6)85(121)104-71-73(112)45-18-21-59(53(94)26-45)129-62-29-48-30-63(80(62)134-92-78(117)76(115)81(65(37-107)132-92)135-91-77(116)75(114)74(113)64(131-91)36-99-35-43-13-10-14-49(24-43)100-83(119)47-16-15-40(3)61(28-47)127-38-42-11-8-7-9-12-42)130-60-22-19-46(27-54(60)95)79(133-67-34-93(5,97)82(118)41(4)128-67)72-90(126)106-84(120)52-31-50(108)32-58(110)68(52)51-25-44(17-20-57(51)109)69(87(123)105-72)103-88(124)70(48)102-86(122)56(33-66(96)111)101-89(71)125/h7-22,24-32,39,41,55-56,64-65,67,69-79,81-82,84,91-92,98-99,107-110,112-118,120H,23,33-38,97H2,1-6H3,(H2,96,111)(H,100,119)(H,101,125)(H,102,122)(H,103,124)(H,104,121)(H,105,123)(H,106,126)/t41-,55+,56-,64+,65+,67-,69-,70+,71?,72-,73+,74-,75-,76+,77+,78+,79+,81+,82-,84-,91-,92-,93-/m0/s1. The van der Waals surface area contributed by atoms with Gasteiger partial charge in [-0.3, -0.25) is 38.4 Å². The molecule has 11 bridgehead atoms. The predicted molar refractivity (Wildman–Crippen MR) is 477 cm³/mol. The number of anilines is 1. The van der Waals surface area contributed by atoms with Crippen LogP contribution in [-0.2, 0) is 70.4 Å². The number of hydrogen-bond donors (Lipinski definition) is 23. The second-order valence-electron chi connectivity index (χ2n) is 34.5. The molecule has 8 aliphatic rings. The number of hydrogen-bond acceptors (Lipinski definition) is 32. The molecule has 720 valence electrons. The second-order valence-corrected chi connectivity index (χ2v) is 35.3. The van der Waals surface area contributed by atoms with Crippen molar-refractivity contribution in [2.45, 2.75) is 207 Å². The zero-order valence-corrected chi connectivity index (χ0v) is 74.9. The fraction of sp³-hybridized carbons (Fsp3) is 0.398. The van der Waals surface area contributed by atoms with E-state index in [9.17, 15) is 75.7 Å². The van der Waals surface area contributed by atoms with Crippen LogP contribution in [0, 0.1) is 12.8 Å². The van der Waals surface area contributed by atoms with Crippen LogP contribution in [0.15, 0.2) is 152 Å². The highest BCUT2D eigenvalue weighted by atomic mass is 35.5. The van der Waals surface area contributed by atoms with Crippen molar-refractivity contribution in [3.8, 4) is 62.9 Å². The first-order chi connectivity index (χ1) is 64.2. The predicted octanol–water partition coefficient (Wildman–Crippen LogP) is 2.73. The van der Waals surface area contributed by atoms with Gasteiger partial charge in [-0.15, -0.1) is 0 Å². The van der Waals surface area contributed by atoms with Crippen molar-refractivity contribution < 1.29 is 142 Å². The van der Waals surface area contributed by atoms with Gasteiger partial charge in [0.1, 0.15) is 132 Å². The molecular formula is C93H105Cl2N11O29. The van der Waals surface area contributed by atoms with Gasteiger partial charge in [-0.05, 0) is 158 Å². The largest absolute Gasteiger partial charge is 0.508 e. The maximum absolute atomic E-state index is 16.5. The Bertz CT molecular complexity index is 5750. The van der Waals surface area contributed by atoms with Crippen molar-refractivity contribution >= 4 is 76.1 Å². The van der Waals surface area contributed by atoms with E-state index in [1.54, 1.807) is 42.5 Å². The molecule has 42 heteroatoms. The Morgan fingerprint density at radius 1 is 0.630 bits per heavy atom. The number of nitrogens with one attached hydrogen (secondary N) is 9. The summed E-state index contributed by atoms with van der Waals surface area (Å²) in [5.74, 6) is -14.2. The number of likely N-dealkylation sites (N-methyl/N-ethyl adjacent to an activating group) is 1. The highest BCUT2D eigenvalue weighted by Gasteiger charge is 2.53. The summed E-state index contributed by atoms with van der Waals surface area (Å²) in [6, 6.07) is 23.3. The van der Waals surface area contributed by atoms with E-state index >= 15 is 24.0 Å². The van der Waals surface area contributed by atoms with Gasteiger partial charge < -0.3 is 163 Å². The fourth-order valence-electron chi connectivity index (χ4n) is 16.7. The number of nitrogens with two attached hydrogens (primary N) is 2. The van der Waals surface area contributed by atoms with Gasteiger partial charge in [0, 0.05) is 59.1 Å². The molecule has 8 aromatic rings. The summed E-state index contributed by atoms with van der Waals surface area (Å²) >= 11 is 14.5. The monoisotopic (exact) mass is 1910 g/mol. The minimum absolute atomic E-state index is 0.0695. The van der Waals surface area contributed by atoms with Gasteiger partial charge in [0.2, 0.25) is 53.4 Å². The van der Waals surface area contributed by atoms with Crippen molar-refractivity contribution in [3.63, 3.8) is 0 Å². The van der Waals surface area contributed by atoms with Gasteiger partial charge in [-0.25, -0.2) is 0 Å². The molecule has 135 heavy (non-hydrogen) atoms. The Hall–Kier alpha value is -12.0. The lowest BCUT2D eigenvalue weighted by Crippen LogP contribution is -2.65. The van der Waals surface area contributed by atoms with Crippen molar-refractivity contribution in [1.82, 2.24) is 42.5 Å². The topological polar surface area (TPSA) is 623 Å². The summed E-state index contributed by atoms with van der Waals surface area (Å²) in [6.07, 6.45) is -31.5. The lowest BCUT2D eigenvalue weighted by atomic mass is 9.86. The van der Waals surface area contributed by atoms with Crippen LogP contribution in [-0.4, -0.2) is 238 Å². The molecule has 0 radical (unpaired) electrons. The van der Waals surface area contributed by atoms with Crippen LogP contribution in [0.25, 0.3) is 11.1 Å². The van der Waals surface area contributed by atoms with Crippen LogP contribution in [0.1, 0.15) is 132 Å². The normalized spacial score (nSPS) is 28.3. The highest BCUT2D eigenvalue weighted by molar-refractivity contribution is 6.32. The Kier molecular flexibility index (Phi) is 30.9. The molecule has 16 rings (SSSR count). The van der Waals surface area contributed by atoms with E-state index in [0.717, 1.165) is 65.7 Å². The maximum Gasteiger partial charge on any atom is 0.255 e. The van der Waals surface area contributed by atoms with E-state index in [4.69, 9.17) is 77.3 Å². The summed E-state index contributed by atoms with van der Waals surface area (Å²) < 4.78 is 57.5. The molecular weight excluding hydrogens is 1810 g/mol. The van der Waals surface area contributed by atoms with Gasteiger partial charge >= 0.3 is 0 Å². The van der Waals surface area contributed by atoms with E-state index in [2.05, 4.69) is 47.9 Å². The van der Waals surface area contributed by atoms with Gasteiger partial charge in [-0.2, -0.15) is 0 Å². The third-order valence-corrected chi connectivity index (χ3v) is 24.6. The number of aliphatic hydroxyl groups excluding tert-OH is 9. The van der Waals surface area contributed by atoms with Gasteiger partial charge in [-0.1, -0.05) is 104 Å². The SMILES string of the molecule is CN[C@H](CC(C)C)C(=O)NC1C(=O)N[C@@H](CC(N)=O)C(=O)N[C@H]2C(=O)N[C@@H]3C(=O)N[C@H](C(=O)N[C@@H](O)c4cc(O)cc(O)c4-c4cc3ccc4O)[C@H](O[C@H]3C[C@](C)(N)[C@@H](O)[C@H](C)O3)c3ccc(c(Cl)c3)Oc3cc2cc(c3O[C@@H]2O[C@H](CO)[C@@H](O[C@@H]3O[C@H](CNCc4cccc(NC(=O)c5ccc(C)c(OCc6ccccc6)c5)c4)[C@H](O)[C@H](O)[C@H]3O)[C@H](O)[C@H]2O)Oc2ccc(cc2Cl)[C@H]1O. The van der Waals surface area contributed by atoms with Crippen LogP contribution in [0.3, 0.4) is 0 Å². The molecule has 0 aromatic heterocycles. The van der Waals surface area contributed by atoms with E-state index in [1.807, 2.05) is 51.1 Å². The van der Waals surface area contributed by atoms with E-state index in [-0.39, 0.29) is 55.1 Å². The number of fused-ring (bicyclic) bond motifs is 15. The Morgan fingerprint density at radius 3 is 1.96 bits per heavy atom. The second kappa shape index (κ2) is 42.1. The molecule has 0 aliphatic carbocycles. The van der Waals surface area contributed by atoms with Crippen molar-refractivity contribution in [2.75, 3.05) is 25.5 Å². The molecule has 3 fully saturated rings. The summed E-state index contributed by atoms with van der Waals surface area (Å²) in [5, 5.41) is 164. The Balaban J connectivity index is 0.849. The molecule has 1 unspecified atom stereocenters. The van der Waals surface area contributed by atoms with Gasteiger partial charge in [0.05, 0.1) is 41.3 Å². The molecule has 40 nitrogen and oxygen atoms in total. The number of phenols is 3. The number of rotatable bonds is 23. The number of aryl methyl sites for hydroxylation is 1. The lowest BCUT2D eigenvalue weighted by molar-refractivity contribution is -0.350. The number of aliphatic hydroxyl groups is 9. The zero-order valence-electron chi connectivity index (χ0n) is 73.4. The van der Waals surface area contributed by atoms with E-state index in [1.165, 1.54) is 45.2 Å². The third-order valence-electron chi connectivity index (χ3n) is 24.0. The molecule has 0 spiro atoms. The summed E-state index contributed by atoms with van der Waals surface area (Å²) in [5.41, 5.74) is 11.6. The zero-order chi connectivity index (χ0) is 97.0. The van der Waals surface area contributed by atoms with E-state index < -0.39 is 279 Å². The number of halogens is 2. The number of aromatic hydroxyl groups is 3. The van der Waals surface area contributed by atoms with E-state index in [0.29, 0.717) is 22.6 Å². The molecule has 3 saturated heterocycles. The number of carbonyl (C=O) groups is 8. The Labute approximate surface area is 781 Å². The maximum atomic E-state index is 16.5. The molecule has 8 heterocycles. The first kappa shape index (κ1) is 99.0. The molecule has 8 aliphatic heterocycles. The van der Waals surface area contributed by atoms with Crippen molar-refractivity contribution in [3.05, 3.63) is 212 Å². The highest BCUT2D eigenvalue weighted by Crippen LogP contribution is 2.50. The van der Waals surface area contributed by atoms with Crippen LogP contribution in [0.2, 0.25) is 10.0 Å². The number of ether oxygens (including phenoxy) is 9. The lowest BCUT2D eigenvalue weighted by Gasteiger charge is -2.46. The van der Waals surface area contributed by atoms with Gasteiger partial charge in [0.25, 0.3) is 5.91 Å². The van der Waals surface area contributed by atoms with Crippen molar-refractivity contribution in [1.29, 1.82) is 0 Å². The molecule has 25 N–H and O–H groups in total. The fourth-order valence-corrected chi connectivity index (χ4v) is 17.2. The molecule has 0 saturated carbocycles. The average Bonchev–Trinajstić information content (AvgIpc) is 0.766. The summed E-state index contributed by atoms with van der Waals surface area (Å²) in [7, 11) is 1.47. The third kappa shape index (κ3) is 22.4. The van der Waals surface area contributed by atoms with Crippen LogP contribution in [0.4, 0.5) is 5.69 Å². The molecule has 8 amide bonds. The van der Waals surface area contributed by atoms with Gasteiger partial charge in [0.15, 0.2) is 30.3 Å². The smallest absolute Gasteiger partial charge is 0.255 e. The minimum Gasteiger partial charge on any atom is -0.508 e. The molecule has 23 atom stereocenters. The quantitative estimate of drug-likeness (QED) is 0.0438. The summed E-state index contributed by atoms with van der Waals surface area (Å²) in [6.45, 7) is 7.41. The Morgan fingerprint density at radius 2 is 1.28 bits per heavy atom. The number of carbonyl (C=O) groups excluding carboxylic acids is 8. The minimum atomic E-state index is -2.41. The first-order valence-corrected chi connectivity index (χ1v) is 44.0. The molecule has 8 aromatic carbocycles. The van der Waals surface area contributed by atoms with Crippen LogP contribution >= 0.6 is 23.2 Å². The van der Waals surface area contributed by atoms with Crippen LogP contribution < -0.4 is 78.3 Å². The number of primary amides is 1. The van der Waals surface area contributed by atoms with Crippen molar-refractivity contribution in [2.24, 2.45) is 17.4 Å². The number of amides is 8. The summed E-state index contributed by atoms with van der Waals surface area (Å²) in [4.78, 5) is 120. The number of phenolic OH excluding ortho intramolecular Hbond substituents is 3. The average molecular weight is 1910 g/mol. The van der Waals surface area contributed by atoms with Crippen LogP contribution in [0.5, 0.6) is 51.7 Å². The number of benzene rings is 8.